The second-order valence-corrected chi connectivity index (χ2v) is 7.40. The molecular formula is C24H54N2O2. The summed E-state index contributed by atoms with van der Waals surface area (Å²) >= 11 is 0. The minimum absolute atomic E-state index is 0.221. The molecule has 0 aliphatic carbocycles. The van der Waals surface area contributed by atoms with Gasteiger partial charge in [-0.1, -0.05) is 110 Å². The molecule has 0 saturated carbocycles. The monoisotopic (exact) mass is 402 g/mol. The lowest BCUT2D eigenvalue weighted by Crippen LogP contribution is -2.23. The van der Waals surface area contributed by atoms with E-state index >= 15 is 0 Å². The lowest BCUT2D eigenvalue weighted by molar-refractivity contribution is -0.121. The first-order valence-corrected chi connectivity index (χ1v) is 12.1. The standard InChI is InChI=1S/C22H45NO.CH5N.CH4O/c1-3-5-6-7-8-9-10-11-12-13-14-15-16-17-18-19-21-23-22(24)20-4-2;2*1-2/h3-21H2,1-2H3,(H,23,24);2H2,1H3;2H,1H3. The van der Waals surface area contributed by atoms with Crippen LogP contribution in [-0.4, -0.2) is 31.7 Å². The highest BCUT2D eigenvalue weighted by Gasteiger charge is 1.98. The number of carbonyl (C=O) groups is 1. The van der Waals surface area contributed by atoms with Gasteiger partial charge in [0.25, 0.3) is 0 Å². The van der Waals surface area contributed by atoms with Gasteiger partial charge in [-0.3, -0.25) is 4.79 Å². The topological polar surface area (TPSA) is 75.4 Å². The number of nitrogens with one attached hydrogen (secondary N) is 1. The van der Waals surface area contributed by atoms with Crippen molar-refractivity contribution < 1.29 is 9.90 Å². The fourth-order valence-electron chi connectivity index (χ4n) is 3.22. The third-order valence-corrected chi connectivity index (χ3v) is 4.83. The molecule has 0 aliphatic heterocycles. The maximum atomic E-state index is 11.3. The molecule has 0 aromatic carbocycles. The van der Waals surface area contributed by atoms with Crippen LogP contribution in [0.5, 0.6) is 0 Å². The van der Waals surface area contributed by atoms with Crippen molar-refractivity contribution in [2.45, 2.75) is 129 Å². The van der Waals surface area contributed by atoms with Crippen LogP contribution in [-0.2, 0) is 4.79 Å². The van der Waals surface area contributed by atoms with Crippen LogP contribution in [0.3, 0.4) is 0 Å². The molecule has 0 saturated heterocycles. The maximum absolute atomic E-state index is 11.3. The van der Waals surface area contributed by atoms with E-state index in [-0.39, 0.29) is 5.91 Å². The van der Waals surface area contributed by atoms with E-state index in [1.807, 2.05) is 6.92 Å². The summed E-state index contributed by atoms with van der Waals surface area (Å²) < 4.78 is 0. The Morgan fingerprint density at radius 3 is 1.25 bits per heavy atom. The number of hydrogen-bond donors (Lipinski definition) is 3. The van der Waals surface area contributed by atoms with Crippen LogP contribution in [0.1, 0.15) is 129 Å². The molecule has 4 heteroatoms. The Kier molecular flexibility index (Phi) is 38.9. The first-order valence-electron chi connectivity index (χ1n) is 12.1. The van der Waals surface area contributed by atoms with Crippen molar-refractivity contribution in [3.8, 4) is 0 Å². The second-order valence-electron chi connectivity index (χ2n) is 7.40. The number of unbranched alkanes of at least 4 members (excludes halogenated alkanes) is 15. The summed E-state index contributed by atoms with van der Waals surface area (Å²) in [5.41, 5.74) is 4.50. The fourth-order valence-corrected chi connectivity index (χ4v) is 3.22. The highest BCUT2D eigenvalue weighted by atomic mass is 16.2. The molecule has 0 bridgehead atoms. The number of aliphatic hydroxyl groups is 1. The van der Waals surface area contributed by atoms with Gasteiger partial charge in [0.2, 0.25) is 5.91 Å². The van der Waals surface area contributed by atoms with Crippen molar-refractivity contribution in [2.24, 2.45) is 5.73 Å². The van der Waals surface area contributed by atoms with E-state index in [1.165, 1.54) is 103 Å². The molecule has 4 N–H and O–H groups in total. The second kappa shape index (κ2) is 33.9. The van der Waals surface area contributed by atoms with Crippen molar-refractivity contribution in [1.29, 1.82) is 0 Å². The Bertz CT molecular complexity index is 261. The number of nitrogens with two attached hydrogens (primary N) is 1. The summed E-state index contributed by atoms with van der Waals surface area (Å²) in [5.74, 6) is 0.221. The minimum Gasteiger partial charge on any atom is -0.400 e. The Morgan fingerprint density at radius 1 is 0.607 bits per heavy atom. The number of aliphatic hydroxyl groups excluding tert-OH is 1. The van der Waals surface area contributed by atoms with Gasteiger partial charge >= 0.3 is 0 Å². The van der Waals surface area contributed by atoms with Crippen LogP contribution in [0.25, 0.3) is 0 Å². The van der Waals surface area contributed by atoms with Gasteiger partial charge in [-0.05, 0) is 19.9 Å². The summed E-state index contributed by atoms with van der Waals surface area (Å²) in [7, 11) is 2.50. The van der Waals surface area contributed by atoms with Gasteiger partial charge in [-0.15, -0.1) is 0 Å². The van der Waals surface area contributed by atoms with Gasteiger partial charge in [-0.2, -0.15) is 0 Å². The minimum atomic E-state index is 0.221. The van der Waals surface area contributed by atoms with Crippen molar-refractivity contribution in [2.75, 3.05) is 20.7 Å². The number of hydrogen-bond acceptors (Lipinski definition) is 3. The van der Waals surface area contributed by atoms with E-state index in [9.17, 15) is 4.79 Å². The van der Waals surface area contributed by atoms with Gasteiger partial charge < -0.3 is 16.2 Å². The number of rotatable bonds is 19. The van der Waals surface area contributed by atoms with E-state index in [0.717, 1.165) is 26.5 Å². The predicted octanol–water partition coefficient (Wildman–Crippen LogP) is 6.35. The first-order chi connectivity index (χ1) is 13.8. The molecule has 0 aromatic rings. The van der Waals surface area contributed by atoms with Crippen molar-refractivity contribution in [3.05, 3.63) is 0 Å². The first kappa shape index (κ1) is 32.1. The Balaban J connectivity index is -0.00000146. The molecule has 0 unspecified atom stereocenters. The zero-order chi connectivity index (χ0) is 21.7. The Morgan fingerprint density at radius 2 is 0.929 bits per heavy atom. The van der Waals surface area contributed by atoms with Crippen molar-refractivity contribution in [1.82, 2.24) is 5.32 Å². The van der Waals surface area contributed by atoms with Crippen LogP contribution >= 0.6 is 0 Å². The average Bonchev–Trinajstić information content (AvgIpc) is 2.73. The SMILES string of the molecule is CCCCCCCCCCCCCCCCCCNC(=O)CCC.CN.CO. The third-order valence-electron chi connectivity index (χ3n) is 4.83. The van der Waals surface area contributed by atoms with E-state index in [2.05, 4.69) is 18.0 Å². The smallest absolute Gasteiger partial charge is 0.219 e. The molecular weight excluding hydrogens is 348 g/mol. The lowest BCUT2D eigenvalue weighted by Gasteiger charge is -2.05. The van der Waals surface area contributed by atoms with Crippen LogP contribution in [0.4, 0.5) is 0 Å². The zero-order valence-corrected chi connectivity index (χ0v) is 19.9. The molecule has 1 amide bonds. The van der Waals surface area contributed by atoms with Crippen LogP contribution in [0, 0.1) is 0 Å². The zero-order valence-electron chi connectivity index (χ0n) is 19.9. The van der Waals surface area contributed by atoms with E-state index < -0.39 is 0 Å². The van der Waals surface area contributed by atoms with E-state index in [1.54, 1.807) is 0 Å². The summed E-state index contributed by atoms with van der Waals surface area (Å²) in [6, 6.07) is 0. The third kappa shape index (κ3) is 33.0. The predicted molar refractivity (Wildman–Crippen MR) is 126 cm³/mol. The van der Waals surface area contributed by atoms with Gasteiger partial charge in [0, 0.05) is 20.1 Å². The Labute approximate surface area is 177 Å². The lowest BCUT2D eigenvalue weighted by atomic mass is 10.0. The maximum Gasteiger partial charge on any atom is 0.219 e. The molecule has 0 fully saturated rings. The van der Waals surface area contributed by atoms with Crippen molar-refractivity contribution in [3.63, 3.8) is 0 Å². The summed E-state index contributed by atoms with van der Waals surface area (Å²) in [4.78, 5) is 11.3. The van der Waals surface area contributed by atoms with Gasteiger partial charge in [-0.25, -0.2) is 0 Å². The largest absolute Gasteiger partial charge is 0.400 e. The van der Waals surface area contributed by atoms with Gasteiger partial charge in [0.1, 0.15) is 0 Å². The van der Waals surface area contributed by atoms with Crippen LogP contribution in [0.15, 0.2) is 0 Å². The molecule has 0 heterocycles. The van der Waals surface area contributed by atoms with Crippen LogP contribution < -0.4 is 11.1 Å². The van der Waals surface area contributed by atoms with Gasteiger partial charge in [0.15, 0.2) is 0 Å². The van der Waals surface area contributed by atoms with Crippen molar-refractivity contribution >= 4 is 5.91 Å². The molecule has 0 spiro atoms. The quantitative estimate of drug-likeness (QED) is 0.220. The van der Waals surface area contributed by atoms with Gasteiger partial charge in [0.05, 0.1) is 0 Å². The molecule has 4 nitrogen and oxygen atoms in total. The summed E-state index contributed by atoms with van der Waals surface area (Å²) in [6.07, 6.45) is 24.0. The average molecular weight is 403 g/mol. The fraction of sp³-hybridized carbons (Fsp3) is 0.958. The molecule has 0 radical (unpaired) electrons. The molecule has 0 atom stereocenters. The molecule has 0 aromatic heterocycles. The summed E-state index contributed by atoms with van der Waals surface area (Å²) in [5, 5.41) is 9.99. The number of carbonyl (C=O) groups excluding carboxylic acids is 1. The van der Waals surface area contributed by atoms with Crippen LogP contribution in [0.2, 0.25) is 0 Å². The number of amides is 1. The van der Waals surface area contributed by atoms with E-state index in [0.29, 0.717) is 6.42 Å². The molecule has 0 rings (SSSR count). The highest BCUT2D eigenvalue weighted by molar-refractivity contribution is 5.75. The molecule has 28 heavy (non-hydrogen) atoms. The molecule has 172 valence electrons. The van der Waals surface area contributed by atoms with E-state index in [4.69, 9.17) is 5.11 Å². The molecule has 0 aliphatic rings. The normalized spacial score (nSPS) is 9.79. The summed E-state index contributed by atoms with van der Waals surface area (Å²) in [6.45, 7) is 5.21. The highest BCUT2D eigenvalue weighted by Crippen LogP contribution is 2.13. The Hall–Kier alpha value is -0.610.